The second-order valence-electron chi connectivity index (χ2n) is 6.02. The van der Waals surface area contributed by atoms with Gasteiger partial charge in [-0.3, -0.25) is 0 Å². The third kappa shape index (κ3) is 4.72. The predicted molar refractivity (Wildman–Crippen MR) is 84.3 cm³/mol. The molecule has 2 rings (SSSR count). The number of anilines is 2. The van der Waals surface area contributed by atoms with Crippen molar-refractivity contribution in [3.05, 3.63) is 0 Å². The lowest BCUT2D eigenvalue weighted by Crippen LogP contribution is -2.31. The summed E-state index contributed by atoms with van der Waals surface area (Å²) < 4.78 is 5.51. The maximum absolute atomic E-state index is 5.75. The van der Waals surface area contributed by atoms with E-state index in [1.165, 1.54) is 32.1 Å². The summed E-state index contributed by atoms with van der Waals surface area (Å²) in [5, 5.41) is 3.43. The summed E-state index contributed by atoms with van der Waals surface area (Å²) in [6.45, 7) is 6.07. The summed E-state index contributed by atoms with van der Waals surface area (Å²) in [7, 11) is 0. The Bertz CT molecular complexity index is 446. The molecule has 118 valence electrons. The van der Waals surface area contributed by atoms with Gasteiger partial charge in [0.05, 0.1) is 6.10 Å². The minimum absolute atomic E-state index is 0.0139. The van der Waals surface area contributed by atoms with Gasteiger partial charge in [-0.05, 0) is 39.0 Å². The zero-order valence-electron chi connectivity index (χ0n) is 13.3. The maximum atomic E-state index is 5.75. The van der Waals surface area contributed by atoms with E-state index in [0.717, 1.165) is 6.42 Å². The molecule has 0 bridgehead atoms. The third-order valence-corrected chi connectivity index (χ3v) is 3.95. The molecule has 1 aliphatic carbocycles. The van der Waals surface area contributed by atoms with Gasteiger partial charge in [-0.2, -0.15) is 15.0 Å². The average Bonchev–Trinajstić information content (AvgIpc) is 2.44. The first-order valence-electron chi connectivity index (χ1n) is 8.03. The molecule has 0 radical (unpaired) electrons. The van der Waals surface area contributed by atoms with E-state index in [-0.39, 0.29) is 12.1 Å². The Kier molecular flexibility index (Phi) is 5.59. The molecule has 1 heterocycles. The van der Waals surface area contributed by atoms with Gasteiger partial charge in [0, 0.05) is 6.04 Å². The van der Waals surface area contributed by atoms with Crippen molar-refractivity contribution < 1.29 is 4.74 Å². The second kappa shape index (κ2) is 7.43. The van der Waals surface area contributed by atoms with E-state index in [2.05, 4.69) is 27.2 Å². The first-order chi connectivity index (χ1) is 10.1. The molecule has 6 heteroatoms. The first kappa shape index (κ1) is 15.8. The first-order valence-corrected chi connectivity index (χ1v) is 8.03. The Hall–Kier alpha value is -1.59. The Balaban J connectivity index is 2.07. The van der Waals surface area contributed by atoms with Crippen molar-refractivity contribution in [1.29, 1.82) is 0 Å². The van der Waals surface area contributed by atoms with Gasteiger partial charge in [0.25, 0.3) is 0 Å². The van der Waals surface area contributed by atoms with E-state index in [1.54, 1.807) is 0 Å². The quantitative estimate of drug-likeness (QED) is 0.838. The number of aromatic nitrogens is 3. The highest BCUT2D eigenvalue weighted by Crippen LogP contribution is 2.29. The zero-order valence-corrected chi connectivity index (χ0v) is 13.3. The number of hydrogen-bond acceptors (Lipinski definition) is 6. The summed E-state index contributed by atoms with van der Waals surface area (Å²) in [6, 6.07) is 0.678. The molecule has 0 saturated heterocycles. The largest absolute Gasteiger partial charge is 0.461 e. The van der Waals surface area contributed by atoms with Crippen LogP contribution in [0.15, 0.2) is 0 Å². The van der Waals surface area contributed by atoms with Crippen LogP contribution in [-0.4, -0.2) is 27.1 Å². The van der Waals surface area contributed by atoms with E-state index in [9.17, 15) is 0 Å². The number of nitrogens with two attached hydrogens (primary N) is 1. The van der Waals surface area contributed by atoms with Crippen LogP contribution < -0.4 is 15.8 Å². The van der Waals surface area contributed by atoms with Gasteiger partial charge >= 0.3 is 6.01 Å². The van der Waals surface area contributed by atoms with Crippen LogP contribution in [0.25, 0.3) is 0 Å². The number of hydrogen-bond donors (Lipinski definition) is 2. The van der Waals surface area contributed by atoms with Crippen LogP contribution in [0.3, 0.4) is 0 Å². The van der Waals surface area contributed by atoms with Crippen LogP contribution in [-0.2, 0) is 0 Å². The molecule has 1 atom stereocenters. The molecule has 6 nitrogen and oxygen atoms in total. The van der Waals surface area contributed by atoms with E-state index in [0.29, 0.717) is 23.9 Å². The van der Waals surface area contributed by atoms with Crippen molar-refractivity contribution in [2.24, 2.45) is 5.92 Å². The fraction of sp³-hybridized carbons (Fsp3) is 0.800. The minimum atomic E-state index is 0.0139. The minimum Gasteiger partial charge on any atom is -0.461 e. The van der Waals surface area contributed by atoms with Gasteiger partial charge in [-0.1, -0.05) is 26.2 Å². The van der Waals surface area contributed by atoms with E-state index in [1.807, 2.05) is 13.8 Å². The summed E-state index contributed by atoms with van der Waals surface area (Å²) >= 11 is 0. The SMILES string of the molecule is CCC(Nc1nc(N)nc(OC(C)C)n1)C1CCCCC1. The summed E-state index contributed by atoms with van der Waals surface area (Å²) in [4.78, 5) is 12.5. The number of nitrogen functional groups attached to an aromatic ring is 1. The van der Waals surface area contributed by atoms with Crippen molar-refractivity contribution in [3.8, 4) is 6.01 Å². The van der Waals surface area contributed by atoms with Crippen molar-refractivity contribution in [1.82, 2.24) is 15.0 Å². The van der Waals surface area contributed by atoms with Crippen LogP contribution in [0.5, 0.6) is 6.01 Å². The highest BCUT2D eigenvalue weighted by atomic mass is 16.5. The Labute approximate surface area is 126 Å². The van der Waals surface area contributed by atoms with E-state index in [4.69, 9.17) is 10.5 Å². The van der Waals surface area contributed by atoms with Crippen LogP contribution in [0, 0.1) is 5.92 Å². The van der Waals surface area contributed by atoms with Gasteiger partial charge in [0.2, 0.25) is 11.9 Å². The molecule has 1 fully saturated rings. The highest BCUT2D eigenvalue weighted by molar-refractivity contribution is 5.33. The molecular weight excluding hydrogens is 266 g/mol. The van der Waals surface area contributed by atoms with Crippen LogP contribution in [0.4, 0.5) is 11.9 Å². The average molecular weight is 293 g/mol. The molecule has 1 aromatic rings. The number of nitrogens with zero attached hydrogens (tertiary/aromatic N) is 3. The predicted octanol–water partition coefficient (Wildman–Crippen LogP) is 3.01. The van der Waals surface area contributed by atoms with Gasteiger partial charge in [0.1, 0.15) is 0 Å². The molecule has 21 heavy (non-hydrogen) atoms. The highest BCUT2D eigenvalue weighted by Gasteiger charge is 2.23. The molecule has 1 aromatic heterocycles. The standard InChI is InChI=1S/C15H27N5O/c1-4-12(11-8-6-5-7-9-11)17-14-18-13(16)19-15(20-14)21-10(2)3/h10-12H,4-9H2,1-3H3,(H3,16,17,18,19,20). The summed E-state index contributed by atoms with van der Waals surface area (Å²) in [5.74, 6) is 1.41. The molecule has 0 aromatic carbocycles. The normalized spacial score (nSPS) is 17.7. The molecule has 0 spiro atoms. The third-order valence-electron chi connectivity index (χ3n) is 3.95. The van der Waals surface area contributed by atoms with Crippen LogP contribution in [0.1, 0.15) is 59.3 Å². The zero-order chi connectivity index (χ0) is 15.2. The second-order valence-corrected chi connectivity index (χ2v) is 6.02. The van der Waals surface area contributed by atoms with Crippen molar-refractivity contribution in [3.63, 3.8) is 0 Å². The lowest BCUT2D eigenvalue weighted by molar-refractivity contribution is 0.222. The molecule has 0 aliphatic heterocycles. The Morgan fingerprint density at radius 3 is 2.52 bits per heavy atom. The number of ether oxygens (including phenoxy) is 1. The molecule has 0 amide bonds. The fourth-order valence-corrected chi connectivity index (χ4v) is 2.96. The smallest absolute Gasteiger partial charge is 0.323 e. The Morgan fingerprint density at radius 2 is 1.90 bits per heavy atom. The van der Waals surface area contributed by atoms with Crippen molar-refractivity contribution >= 4 is 11.9 Å². The molecular formula is C15H27N5O. The fourth-order valence-electron chi connectivity index (χ4n) is 2.96. The lowest BCUT2D eigenvalue weighted by atomic mass is 9.83. The van der Waals surface area contributed by atoms with Crippen LogP contribution in [0.2, 0.25) is 0 Å². The van der Waals surface area contributed by atoms with Crippen LogP contribution >= 0.6 is 0 Å². The molecule has 3 N–H and O–H groups in total. The monoisotopic (exact) mass is 293 g/mol. The van der Waals surface area contributed by atoms with Crippen molar-refractivity contribution in [2.45, 2.75) is 71.4 Å². The van der Waals surface area contributed by atoms with Gasteiger partial charge in [-0.15, -0.1) is 0 Å². The summed E-state index contributed by atoms with van der Waals surface area (Å²) in [6.07, 6.45) is 7.63. The Morgan fingerprint density at radius 1 is 1.19 bits per heavy atom. The van der Waals surface area contributed by atoms with E-state index < -0.39 is 0 Å². The van der Waals surface area contributed by atoms with Gasteiger partial charge in [-0.25, -0.2) is 0 Å². The molecule has 1 saturated carbocycles. The summed E-state index contributed by atoms with van der Waals surface area (Å²) in [5.41, 5.74) is 5.75. The topological polar surface area (TPSA) is 86.0 Å². The maximum Gasteiger partial charge on any atom is 0.323 e. The molecule has 1 unspecified atom stereocenters. The van der Waals surface area contributed by atoms with Gasteiger partial charge in [0.15, 0.2) is 0 Å². The van der Waals surface area contributed by atoms with Gasteiger partial charge < -0.3 is 15.8 Å². The van der Waals surface area contributed by atoms with Crippen molar-refractivity contribution in [2.75, 3.05) is 11.1 Å². The number of nitrogens with one attached hydrogen (secondary N) is 1. The lowest BCUT2D eigenvalue weighted by Gasteiger charge is -2.30. The molecule has 1 aliphatic rings. The number of rotatable bonds is 6. The van der Waals surface area contributed by atoms with E-state index >= 15 is 0 Å².